The van der Waals surface area contributed by atoms with E-state index in [1.807, 2.05) is 0 Å². The largest absolute Gasteiger partial charge is 0.343 e. The minimum absolute atomic E-state index is 0.0615. The van der Waals surface area contributed by atoms with Crippen LogP contribution in [0, 0.1) is 5.92 Å². The first-order valence-corrected chi connectivity index (χ1v) is 9.70. The Morgan fingerprint density at radius 3 is 2.50 bits per heavy atom. The number of piperidine rings is 1. The van der Waals surface area contributed by atoms with Crippen molar-refractivity contribution in [1.82, 2.24) is 9.62 Å². The Bertz CT molecular complexity index is 707. The molecule has 1 amide bonds. The van der Waals surface area contributed by atoms with Gasteiger partial charge in [0.05, 0.1) is 4.90 Å². The van der Waals surface area contributed by atoms with E-state index in [0.717, 1.165) is 12.8 Å². The average Bonchev–Trinajstić information content (AvgIpc) is 2.59. The maximum Gasteiger partial charge on any atom is 0.240 e. The molecule has 0 unspecified atom stereocenters. The molecule has 1 aromatic carbocycles. The molecule has 0 aromatic heterocycles. The number of benzene rings is 1. The third-order valence-electron chi connectivity index (χ3n) is 4.41. The third kappa shape index (κ3) is 4.64. The van der Waals surface area contributed by atoms with Crippen LogP contribution in [-0.2, 0) is 14.8 Å². The number of rotatable bonds is 6. The van der Waals surface area contributed by atoms with Crippen molar-refractivity contribution >= 4 is 21.7 Å². The van der Waals surface area contributed by atoms with Gasteiger partial charge in [0.15, 0.2) is 5.78 Å². The summed E-state index contributed by atoms with van der Waals surface area (Å²) < 4.78 is 27.5. The van der Waals surface area contributed by atoms with Gasteiger partial charge in [0, 0.05) is 38.5 Å². The third-order valence-corrected chi connectivity index (χ3v) is 5.83. The number of nitrogens with one attached hydrogen (secondary N) is 1. The topological polar surface area (TPSA) is 83.6 Å². The lowest BCUT2D eigenvalue weighted by molar-refractivity contribution is -0.130. The number of nitrogens with zero attached hydrogens (tertiary/aromatic N) is 1. The molecule has 0 spiro atoms. The van der Waals surface area contributed by atoms with Crippen LogP contribution in [0.1, 0.15) is 43.5 Å². The molecule has 7 heteroatoms. The summed E-state index contributed by atoms with van der Waals surface area (Å²) in [6, 6.07) is 6.13. The maximum absolute atomic E-state index is 12.4. The smallest absolute Gasteiger partial charge is 0.240 e. The number of sulfonamides is 1. The Morgan fingerprint density at radius 2 is 1.92 bits per heavy atom. The summed E-state index contributed by atoms with van der Waals surface area (Å²) >= 11 is 0. The van der Waals surface area contributed by atoms with Gasteiger partial charge in [0.1, 0.15) is 0 Å². The van der Waals surface area contributed by atoms with Crippen molar-refractivity contribution in [2.45, 2.75) is 38.0 Å². The van der Waals surface area contributed by atoms with Crippen LogP contribution in [0.25, 0.3) is 0 Å². The normalized spacial score (nSPS) is 16.2. The van der Waals surface area contributed by atoms with Gasteiger partial charge in [0.25, 0.3) is 0 Å². The Balaban J connectivity index is 1.97. The summed E-state index contributed by atoms with van der Waals surface area (Å²) in [6.07, 6.45) is 1.92. The molecule has 1 N–H and O–H groups in total. The minimum atomic E-state index is -3.64. The van der Waals surface area contributed by atoms with Crippen molar-refractivity contribution in [2.24, 2.45) is 5.92 Å². The van der Waals surface area contributed by atoms with Crippen molar-refractivity contribution in [1.29, 1.82) is 0 Å². The number of carbonyl (C=O) groups is 2. The van der Waals surface area contributed by atoms with Crippen LogP contribution in [0.4, 0.5) is 0 Å². The summed E-state index contributed by atoms with van der Waals surface area (Å²) in [4.78, 5) is 24.9. The van der Waals surface area contributed by atoms with Crippen LogP contribution in [0.5, 0.6) is 0 Å². The van der Waals surface area contributed by atoms with Gasteiger partial charge in [-0.15, -0.1) is 0 Å². The number of amides is 1. The second kappa shape index (κ2) is 7.90. The fourth-order valence-corrected chi connectivity index (χ4v) is 3.97. The molecule has 0 saturated carbocycles. The molecule has 1 heterocycles. The quantitative estimate of drug-likeness (QED) is 0.792. The van der Waals surface area contributed by atoms with Crippen LogP contribution in [-0.4, -0.2) is 44.6 Å². The Kier molecular flexibility index (Phi) is 6.12. The molecular weight excluding hydrogens is 328 g/mol. The van der Waals surface area contributed by atoms with Crippen molar-refractivity contribution < 1.29 is 18.0 Å². The zero-order valence-corrected chi connectivity index (χ0v) is 14.9. The zero-order valence-electron chi connectivity index (χ0n) is 14.1. The van der Waals surface area contributed by atoms with Gasteiger partial charge in [-0.1, -0.05) is 19.1 Å². The molecule has 1 fully saturated rings. The average molecular weight is 352 g/mol. The number of Topliss-reactive ketones (excluding diaryl/α,β-unsaturated/α-hetero) is 1. The number of likely N-dealkylation sites (tertiary alicyclic amines) is 1. The van der Waals surface area contributed by atoms with Gasteiger partial charge in [-0.05, 0) is 30.9 Å². The Morgan fingerprint density at radius 1 is 1.25 bits per heavy atom. The molecule has 132 valence electrons. The lowest BCUT2D eigenvalue weighted by Crippen LogP contribution is -2.40. The standard InChI is InChI=1S/C17H24N2O4S/c1-3-17(21)15-5-4-6-16(11-15)24(22,23)18-12-14-7-9-19(10-8-14)13(2)20/h4-6,11,14,18H,3,7-10,12H2,1-2H3. The molecule has 6 nitrogen and oxygen atoms in total. The summed E-state index contributed by atoms with van der Waals surface area (Å²) in [5, 5.41) is 0. The van der Waals surface area contributed by atoms with Crippen LogP contribution >= 0.6 is 0 Å². The highest BCUT2D eigenvalue weighted by Crippen LogP contribution is 2.18. The molecule has 2 rings (SSSR count). The summed E-state index contributed by atoms with van der Waals surface area (Å²) in [6.45, 7) is 4.98. The molecule has 0 atom stereocenters. The van der Waals surface area contributed by atoms with Crippen LogP contribution < -0.4 is 4.72 Å². The van der Waals surface area contributed by atoms with E-state index in [0.29, 0.717) is 31.6 Å². The first-order valence-electron chi connectivity index (χ1n) is 8.22. The molecule has 1 aliphatic heterocycles. The second-order valence-corrected chi connectivity index (χ2v) is 7.87. The van der Waals surface area contributed by atoms with Gasteiger partial charge in [-0.2, -0.15) is 0 Å². The van der Waals surface area contributed by atoms with E-state index in [2.05, 4.69) is 4.72 Å². The number of carbonyl (C=O) groups excluding carboxylic acids is 2. The van der Waals surface area contributed by atoms with Gasteiger partial charge in [0.2, 0.25) is 15.9 Å². The van der Waals surface area contributed by atoms with Crippen molar-refractivity contribution in [3.8, 4) is 0 Å². The predicted molar refractivity (Wildman–Crippen MR) is 91.2 cm³/mol. The minimum Gasteiger partial charge on any atom is -0.343 e. The highest BCUT2D eigenvalue weighted by Gasteiger charge is 2.23. The van der Waals surface area contributed by atoms with E-state index < -0.39 is 10.0 Å². The molecule has 1 aliphatic rings. The van der Waals surface area contributed by atoms with E-state index in [4.69, 9.17) is 0 Å². The van der Waals surface area contributed by atoms with E-state index in [1.165, 1.54) is 12.1 Å². The summed E-state index contributed by atoms with van der Waals surface area (Å²) in [5.74, 6) is 0.200. The fourth-order valence-electron chi connectivity index (χ4n) is 2.80. The van der Waals surface area contributed by atoms with Gasteiger partial charge >= 0.3 is 0 Å². The van der Waals surface area contributed by atoms with E-state index in [1.54, 1.807) is 30.9 Å². The van der Waals surface area contributed by atoms with Crippen molar-refractivity contribution in [3.05, 3.63) is 29.8 Å². The van der Waals surface area contributed by atoms with E-state index in [9.17, 15) is 18.0 Å². The maximum atomic E-state index is 12.4. The number of ketones is 1. The summed E-state index contributed by atoms with van der Waals surface area (Å²) in [7, 11) is -3.64. The molecule has 0 radical (unpaired) electrons. The first-order chi connectivity index (χ1) is 11.3. The Hall–Kier alpha value is -1.73. The van der Waals surface area contributed by atoms with Crippen molar-refractivity contribution in [3.63, 3.8) is 0 Å². The molecule has 1 saturated heterocycles. The molecule has 24 heavy (non-hydrogen) atoms. The predicted octanol–water partition coefficient (Wildman–Crippen LogP) is 1.82. The summed E-state index contributed by atoms with van der Waals surface area (Å²) in [5.41, 5.74) is 0.412. The Labute approximate surface area is 143 Å². The monoisotopic (exact) mass is 352 g/mol. The fraction of sp³-hybridized carbons (Fsp3) is 0.529. The van der Waals surface area contributed by atoms with Crippen LogP contribution in [0.2, 0.25) is 0 Å². The zero-order chi connectivity index (χ0) is 17.7. The molecule has 0 bridgehead atoms. The van der Waals surface area contributed by atoms with E-state index >= 15 is 0 Å². The number of hydrogen-bond donors (Lipinski definition) is 1. The lowest BCUT2D eigenvalue weighted by atomic mass is 9.97. The van der Waals surface area contributed by atoms with Crippen LogP contribution in [0.3, 0.4) is 0 Å². The second-order valence-electron chi connectivity index (χ2n) is 6.11. The molecule has 1 aromatic rings. The van der Waals surface area contributed by atoms with Crippen LogP contribution in [0.15, 0.2) is 29.2 Å². The van der Waals surface area contributed by atoms with E-state index in [-0.39, 0.29) is 22.5 Å². The SMILES string of the molecule is CCC(=O)c1cccc(S(=O)(=O)NCC2CCN(C(C)=O)CC2)c1. The highest BCUT2D eigenvalue weighted by atomic mass is 32.2. The highest BCUT2D eigenvalue weighted by molar-refractivity contribution is 7.89. The van der Waals surface area contributed by atoms with Gasteiger partial charge < -0.3 is 4.90 Å². The lowest BCUT2D eigenvalue weighted by Gasteiger charge is -2.31. The molecular formula is C17H24N2O4S. The first kappa shape index (κ1) is 18.6. The number of hydrogen-bond acceptors (Lipinski definition) is 4. The van der Waals surface area contributed by atoms with Gasteiger partial charge in [-0.3, -0.25) is 9.59 Å². The van der Waals surface area contributed by atoms with Gasteiger partial charge in [-0.25, -0.2) is 13.1 Å². The van der Waals surface area contributed by atoms with Crippen molar-refractivity contribution in [2.75, 3.05) is 19.6 Å². The molecule has 0 aliphatic carbocycles.